The summed E-state index contributed by atoms with van der Waals surface area (Å²) in [4.78, 5) is 23.0. The van der Waals surface area contributed by atoms with E-state index in [4.69, 9.17) is 16.9 Å². The molecule has 0 spiro atoms. The van der Waals surface area contributed by atoms with Crippen LogP contribution in [0.15, 0.2) is 54.0 Å². The molecule has 3 aromatic rings. The molecule has 0 fully saturated rings. The summed E-state index contributed by atoms with van der Waals surface area (Å²) in [5.74, 6) is 2.22. The Morgan fingerprint density at radius 3 is 2.83 bits per heavy atom. The number of nitrogens with two attached hydrogens (primary N) is 1. The second-order valence-electron chi connectivity index (χ2n) is 7.73. The number of nitrogens with zero attached hydrogens (tertiary/aromatic N) is 6. The van der Waals surface area contributed by atoms with Crippen LogP contribution in [0.25, 0.3) is 11.9 Å². The van der Waals surface area contributed by atoms with Crippen LogP contribution in [-0.4, -0.2) is 57.1 Å². The summed E-state index contributed by atoms with van der Waals surface area (Å²) in [5.41, 5.74) is 6.94. The van der Waals surface area contributed by atoms with Crippen LogP contribution < -0.4 is 15.4 Å². The molecular formula is C25H23F2N7OS. The Balaban J connectivity index is 1.60. The predicted molar refractivity (Wildman–Crippen MR) is 138 cm³/mol. The van der Waals surface area contributed by atoms with Gasteiger partial charge in [-0.2, -0.15) is 0 Å². The fourth-order valence-electron chi connectivity index (χ4n) is 3.56. The van der Waals surface area contributed by atoms with Gasteiger partial charge < -0.3 is 15.4 Å². The Bertz CT molecular complexity index is 1280. The summed E-state index contributed by atoms with van der Waals surface area (Å²) in [7, 11) is 0. The van der Waals surface area contributed by atoms with Crippen LogP contribution in [-0.2, 0) is 0 Å². The van der Waals surface area contributed by atoms with Crippen LogP contribution in [0.5, 0.6) is 5.88 Å². The van der Waals surface area contributed by atoms with E-state index in [1.165, 1.54) is 42.4 Å². The van der Waals surface area contributed by atoms with Crippen molar-refractivity contribution in [1.82, 2.24) is 19.9 Å². The minimum absolute atomic E-state index is 0.0170. The molecule has 1 aromatic carbocycles. The summed E-state index contributed by atoms with van der Waals surface area (Å²) in [6.45, 7) is 1.47. The van der Waals surface area contributed by atoms with Gasteiger partial charge in [0.25, 0.3) is 0 Å². The normalized spacial score (nSPS) is 16.8. The number of amidine groups is 1. The Labute approximate surface area is 211 Å². The van der Waals surface area contributed by atoms with Gasteiger partial charge in [0.2, 0.25) is 11.8 Å². The number of halogens is 2. The van der Waals surface area contributed by atoms with E-state index in [2.05, 4.69) is 30.8 Å². The summed E-state index contributed by atoms with van der Waals surface area (Å²) in [6, 6.07) is 6.20. The van der Waals surface area contributed by atoms with Crippen LogP contribution in [0.2, 0.25) is 0 Å². The molecule has 184 valence electrons. The Hall–Kier alpha value is -4.04. The van der Waals surface area contributed by atoms with Gasteiger partial charge in [0.1, 0.15) is 11.5 Å². The lowest BCUT2D eigenvalue weighted by molar-refractivity contribution is 0.353. The second-order valence-corrected chi connectivity index (χ2v) is 8.77. The minimum atomic E-state index is -0.622. The first-order valence-corrected chi connectivity index (χ1v) is 12.0. The van der Waals surface area contributed by atoms with Crippen LogP contribution in [0.4, 0.5) is 14.7 Å². The third kappa shape index (κ3) is 6.55. The lowest BCUT2D eigenvalue weighted by Crippen LogP contribution is -2.33. The van der Waals surface area contributed by atoms with Crippen LogP contribution in [0.1, 0.15) is 22.7 Å². The topological polar surface area (TPSA) is 102 Å². The molecule has 36 heavy (non-hydrogen) atoms. The third-order valence-corrected chi connectivity index (χ3v) is 6.27. The van der Waals surface area contributed by atoms with Crippen molar-refractivity contribution in [3.05, 3.63) is 71.7 Å². The monoisotopic (exact) mass is 507 g/mol. The van der Waals surface area contributed by atoms with Crippen LogP contribution in [0.3, 0.4) is 0 Å². The van der Waals surface area contributed by atoms with Gasteiger partial charge in [-0.25, -0.2) is 28.7 Å². The third-order valence-electron chi connectivity index (χ3n) is 5.28. The molecule has 4 rings (SSSR count). The molecule has 1 aliphatic rings. The van der Waals surface area contributed by atoms with Gasteiger partial charge >= 0.3 is 0 Å². The van der Waals surface area contributed by atoms with Gasteiger partial charge in [-0.05, 0) is 35.4 Å². The second kappa shape index (κ2) is 12.1. The number of rotatable bonds is 6. The number of hydrogen-bond donors (Lipinski definition) is 1. The first-order valence-electron chi connectivity index (χ1n) is 11.0. The molecule has 0 aliphatic carbocycles. The van der Waals surface area contributed by atoms with Crippen LogP contribution >= 0.6 is 11.8 Å². The molecule has 3 heterocycles. The van der Waals surface area contributed by atoms with Crippen LogP contribution in [0, 0.1) is 18.2 Å². The number of terminal acetylenes is 1. The number of hydrogen-bond acceptors (Lipinski definition) is 9. The van der Waals surface area contributed by atoms with E-state index in [1.807, 2.05) is 4.90 Å². The molecule has 8 nitrogen and oxygen atoms in total. The maximum Gasteiger partial charge on any atom is 0.233 e. The zero-order valence-corrected chi connectivity index (χ0v) is 20.0. The van der Waals surface area contributed by atoms with Gasteiger partial charge in [-0.1, -0.05) is 23.7 Å². The first kappa shape index (κ1) is 25.1. The zero-order chi connectivity index (χ0) is 25.3. The average Bonchev–Trinajstić information content (AvgIpc) is 3.00. The molecule has 0 bridgehead atoms. The zero-order valence-electron chi connectivity index (χ0n) is 19.2. The molecule has 0 saturated carbocycles. The number of aliphatic imine (C=N–C) groups is 1. The van der Waals surface area contributed by atoms with Gasteiger partial charge in [-0.3, -0.25) is 4.99 Å². The van der Waals surface area contributed by atoms with E-state index in [0.717, 1.165) is 0 Å². The van der Waals surface area contributed by atoms with E-state index < -0.39 is 11.6 Å². The molecule has 2 aromatic heterocycles. The standard InChI is InChI=1S/C25H23F2N7OS/c1-2-10-35-23-14-32-22(13-33-23)21(27)12-17-4-5-20(26)19(11-17)18-15-34(25-30-6-3-7-31-25)9-8-29-24(28)36-16-18/h1,3-7,11-14,18H,8-10,15-16H2,(H2,28,29)/b21-12-/t18-/m0/s1. The van der Waals surface area contributed by atoms with Crippen molar-refractivity contribution in [2.24, 2.45) is 10.7 Å². The summed E-state index contributed by atoms with van der Waals surface area (Å²) in [5, 5.41) is 0.437. The summed E-state index contributed by atoms with van der Waals surface area (Å²) in [6.07, 6.45) is 12.3. The van der Waals surface area contributed by atoms with Crippen molar-refractivity contribution in [3.63, 3.8) is 0 Å². The van der Waals surface area contributed by atoms with E-state index in [1.54, 1.807) is 24.5 Å². The van der Waals surface area contributed by atoms with Gasteiger partial charge in [0, 0.05) is 37.2 Å². The number of ether oxygens (including phenoxy) is 1. The molecule has 0 amide bonds. The Morgan fingerprint density at radius 1 is 1.25 bits per heavy atom. The van der Waals surface area contributed by atoms with Crippen molar-refractivity contribution in [3.8, 4) is 18.2 Å². The number of benzene rings is 1. The molecular weight excluding hydrogens is 484 g/mol. The van der Waals surface area contributed by atoms with Crippen molar-refractivity contribution in [2.75, 3.05) is 36.9 Å². The Kier molecular flexibility index (Phi) is 8.41. The quantitative estimate of drug-likeness (QED) is 0.506. The maximum atomic E-state index is 15.0. The molecule has 1 aliphatic heterocycles. The van der Waals surface area contributed by atoms with E-state index in [9.17, 15) is 4.39 Å². The van der Waals surface area contributed by atoms with E-state index in [-0.39, 0.29) is 24.1 Å². The largest absolute Gasteiger partial charge is 0.463 e. The van der Waals surface area contributed by atoms with Crippen molar-refractivity contribution in [1.29, 1.82) is 0 Å². The highest BCUT2D eigenvalue weighted by molar-refractivity contribution is 8.13. The highest BCUT2D eigenvalue weighted by Gasteiger charge is 2.23. The van der Waals surface area contributed by atoms with Crippen molar-refractivity contribution < 1.29 is 13.5 Å². The summed E-state index contributed by atoms with van der Waals surface area (Å²) < 4.78 is 35.1. The lowest BCUT2D eigenvalue weighted by Gasteiger charge is -2.27. The van der Waals surface area contributed by atoms with Crippen molar-refractivity contribution >= 4 is 34.8 Å². The highest BCUT2D eigenvalue weighted by atomic mass is 32.2. The average molecular weight is 508 g/mol. The van der Waals surface area contributed by atoms with Gasteiger partial charge in [0.05, 0.1) is 18.9 Å². The van der Waals surface area contributed by atoms with Crippen molar-refractivity contribution in [2.45, 2.75) is 5.92 Å². The van der Waals surface area contributed by atoms with E-state index in [0.29, 0.717) is 47.6 Å². The minimum Gasteiger partial charge on any atom is -0.463 e. The fraction of sp³-hybridized carbons (Fsp3) is 0.240. The highest BCUT2D eigenvalue weighted by Crippen LogP contribution is 2.29. The molecule has 0 saturated heterocycles. The molecule has 1 atom stereocenters. The van der Waals surface area contributed by atoms with E-state index >= 15 is 4.39 Å². The Morgan fingerprint density at radius 2 is 2.08 bits per heavy atom. The first-order chi connectivity index (χ1) is 17.5. The molecule has 0 radical (unpaired) electrons. The van der Waals surface area contributed by atoms with Gasteiger partial charge in [-0.15, -0.1) is 6.42 Å². The SMILES string of the molecule is C#CCOc1cnc(/C(F)=C/c2ccc(F)c([C@@H]3CSC(N)=NCCN(c4ncccn4)C3)c2)cn1. The molecule has 0 unspecified atom stereocenters. The number of anilines is 1. The lowest BCUT2D eigenvalue weighted by atomic mass is 9.97. The molecule has 11 heteroatoms. The summed E-state index contributed by atoms with van der Waals surface area (Å²) >= 11 is 1.36. The molecule has 2 N–H and O–H groups in total. The smallest absolute Gasteiger partial charge is 0.233 e. The predicted octanol–water partition coefficient (Wildman–Crippen LogP) is 3.54. The van der Waals surface area contributed by atoms with Gasteiger partial charge in [0.15, 0.2) is 17.6 Å². The number of aromatic nitrogens is 4. The fourth-order valence-corrected chi connectivity index (χ4v) is 4.40. The number of thioether (sulfide) groups is 1. The maximum absolute atomic E-state index is 15.0.